The molecule has 0 nitrogen and oxygen atoms in total. The van der Waals surface area contributed by atoms with Gasteiger partial charge in [0.05, 0.1) is 0 Å². The van der Waals surface area contributed by atoms with Crippen LogP contribution >= 0.6 is 0 Å². The molecule has 0 saturated carbocycles. The van der Waals surface area contributed by atoms with E-state index in [1.165, 1.54) is 209 Å². The van der Waals surface area contributed by atoms with Crippen LogP contribution in [0.3, 0.4) is 0 Å². The molecule has 0 heterocycles. The first-order valence-electron chi connectivity index (χ1n) is 37.3. The maximum atomic E-state index is 2.49. The molecular weight excluding hydrogens is 1270 g/mol. The van der Waals surface area contributed by atoms with Gasteiger partial charge in [0.25, 0.3) is 0 Å². The van der Waals surface area contributed by atoms with Crippen molar-refractivity contribution in [3.05, 3.63) is 398 Å². The minimum atomic E-state index is -0.0889. The Morgan fingerprint density at radius 1 is 0.142 bits per heavy atom. The van der Waals surface area contributed by atoms with Gasteiger partial charge < -0.3 is 0 Å². The minimum Gasteiger partial charge on any atom is -0.0622 e. The summed E-state index contributed by atoms with van der Waals surface area (Å²) in [5.41, 5.74) is 30.9. The number of rotatable bonds is 8. The van der Waals surface area contributed by atoms with E-state index in [-0.39, 0.29) is 10.8 Å². The monoisotopic (exact) mass is 1350 g/mol. The molecule has 21 rings (SSSR count). The van der Waals surface area contributed by atoms with Crippen LogP contribution in [-0.4, -0.2) is 0 Å². The fourth-order valence-electron chi connectivity index (χ4n) is 18.3. The van der Waals surface area contributed by atoms with Crippen LogP contribution in [0.25, 0.3) is 187 Å². The average Bonchev–Trinajstić information content (AvgIpc) is 1.39. The van der Waals surface area contributed by atoms with Gasteiger partial charge in [0.2, 0.25) is 0 Å². The molecule has 0 fully saturated rings. The highest BCUT2D eigenvalue weighted by molar-refractivity contribution is 6.26. The van der Waals surface area contributed by atoms with Gasteiger partial charge in [0.1, 0.15) is 0 Å². The predicted molar refractivity (Wildman–Crippen MR) is 454 cm³/mol. The number of fused-ring (bicyclic) bond motifs is 13. The molecule has 0 saturated heterocycles. The Hall–Kier alpha value is -13.0. The second-order valence-corrected chi connectivity index (χ2v) is 30.1. The standard InChI is InChI=1S/C55H38.C51H36/c1-55(2)51-23-13-12-20-44(51)45-28-27-40(34-52(45)55)53-46-21-10-11-22-47(46)54(49-29-26-38(33-50(49)53)35-14-4-3-5-15-35)48-31-30-41(42-18-8-9-19-43(42)48)39-25-24-36-16-6-7-17-37(36)32-39;1-51(2)47-20-12-11-17-41(47)42-27-26-40(32-48(42)51)50-44-19-10-9-18-43(44)49(45-28-25-38(31-46(45)50)34-15-7-4-8-16-34)39-24-23-36-29-35(21-22-37(36)30-39)33-13-5-3-6-14-33/h3-34H,1-2H3;3-32H,1-2H3. The molecule has 0 heteroatoms. The lowest BCUT2D eigenvalue weighted by atomic mass is 9.80. The Morgan fingerprint density at radius 2 is 0.434 bits per heavy atom. The van der Waals surface area contributed by atoms with E-state index in [4.69, 9.17) is 0 Å². The molecule has 0 aliphatic heterocycles. The zero-order valence-electron chi connectivity index (χ0n) is 59.8. The smallest absolute Gasteiger partial charge is 0.0159 e. The highest BCUT2D eigenvalue weighted by Crippen LogP contribution is 2.55. The highest BCUT2D eigenvalue weighted by atomic mass is 14.4. The summed E-state index contributed by atoms with van der Waals surface area (Å²) in [5, 5.41) is 17.7. The SMILES string of the molecule is CC1(C)c2ccccc2-c2ccc(-c3c4ccccc4c(-c4ccc(-c5ccc6ccccc6c5)c5ccccc45)c4ccc(-c5ccccc5)cc34)cc21.CC1(C)c2ccccc2-c2ccc(-c3c4ccccc4c(-c4ccc5cc(-c6ccccc6)ccc5c4)c4ccc(-c5ccccc5)cc34)cc21. The summed E-state index contributed by atoms with van der Waals surface area (Å²) in [6.07, 6.45) is 0. The van der Waals surface area contributed by atoms with Crippen LogP contribution in [0.15, 0.2) is 376 Å². The molecule has 0 bridgehead atoms. The summed E-state index contributed by atoms with van der Waals surface area (Å²) in [5.74, 6) is 0. The molecular formula is C106H74. The average molecular weight is 1350 g/mol. The van der Waals surface area contributed by atoms with Crippen molar-refractivity contribution in [2.24, 2.45) is 0 Å². The van der Waals surface area contributed by atoms with E-state index >= 15 is 0 Å². The van der Waals surface area contributed by atoms with E-state index in [0.29, 0.717) is 0 Å². The molecule has 0 radical (unpaired) electrons. The lowest BCUT2D eigenvalue weighted by Gasteiger charge is -2.23. The van der Waals surface area contributed by atoms with E-state index in [1.807, 2.05) is 0 Å². The Kier molecular flexibility index (Phi) is 14.7. The number of hydrogen-bond donors (Lipinski definition) is 0. The molecule has 0 unspecified atom stereocenters. The van der Waals surface area contributed by atoms with Crippen LogP contribution in [0.5, 0.6) is 0 Å². The number of benzene rings is 19. The first kappa shape index (κ1) is 62.8. The Morgan fingerprint density at radius 3 is 0.953 bits per heavy atom. The van der Waals surface area contributed by atoms with Gasteiger partial charge >= 0.3 is 0 Å². The zero-order chi connectivity index (χ0) is 70.8. The van der Waals surface area contributed by atoms with Crippen molar-refractivity contribution < 1.29 is 0 Å². The van der Waals surface area contributed by atoms with Crippen molar-refractivity contribution in [3.8, 4) is 111 Å². The van der Waals surface area contributed by atoms with Crippen molar-refractivity contribution in [1.82, 2.24) is 0 Å². The van der Waals surface area contributed by atoms with Crippen LogP contribution in [0.1, 0.15) is 49.9 Å². The van der Waals surface area contributed by atoms with Crippen LogP contribution < -0.4 is 0 Å². The van der Waals surface area contributed by atoms with E-state index in [2.05, 4.69) is 404 Å². The molecule has 0 aromatic heterocycles. The highest BCUT2D eigenvalue weighted by Gasteiger charge is 2.37. The largest absolute Gasteiger partial charge is 0.0622 e. The lowest BCUT2D eigenvalue weighted by molar-refractivity contribution is 0.660. The first-order valence-corrected chi connectivity index (χ1v) is 37.3. The molecule has 19 aromatic rings. The molecule has 2 aliphatic carbocycles. The maximum Gasteiger partial charge on any atom is 0.0159 e. The third kappa shape index (κ3) is 10.2. The van der Waals surface area contributed by atoms with Crippen molar-refractivity contribution >= 4 is 75.4 Å². The van der Waals surface area contributed by atoms with Crippen LogP contribution in [0.4, 0.5) is 0 Å². The predicted octanol–water partition coefficient (Wildman–Crippen LogP) is 29.4. The summed E-state index contributed by atoms with van der Waals surface area (Å²) in [6.45, 7) is 9.50. The van der Waals surface area contributed by atoms with Crippen molar-refractivity contribution in [1.29, 1.82) is 0 Å². The molecule has 2 aliphatic rings. The van der Waals surface area contributed by atoms with Gasteiger partial charge in [-0.1, -0.05) is 361 Å². The molecule has 0 amide bonds. The maximum absolute atomic E-state index is 2.49. The molecule has 106 heavy (non-hydrogen) atoms. The van der Waals surface area contributed by atoms with Crippen LogP contribution in [-0.2, 0) is 10.8 Å². The van der Waals surface area contributed by atoms with Crippen molar-refractivity contribution in [2.45, 2.75) is 38.5 Å². The summed E-state index contributed by atoms with van der Waals surface area (Å²) in [4.78, 5) is 0. The summed E-state index contributed by atoms with van der Waals surface area (Å²) in [7, 11) is 0. The second kappa shape index (κ2) is 24.9. The third-order valence-electron chi connectivity index (χ3n) is 23.5. The van der Waals surface area contributed by atoms with Gasteiger partial charge in [-0.3, -0.25) is 0 Å². The van der Waals surface area contributed by atoms with E-state index in [9.17, 15) is 0 Å². The van der Waals surface area contributed by atoms with E-state index in [1.54, 1.807) is 0 Å². The fourth-order valence-corrected chi connectivity index (χ4v) is 18.3. The zero-order valence-corrected chi connectivity index (χ0v) is 59.8. The van der Waals surface area contributed by atoms with E-state index in [0.717, 1.165) is 0 Å². The van der Waals surface area contributed by atoms with Gasteiger partial charge in [-0.25, -0.2) is 0 Å². The van der Waals surface area contributed by atoms with Crippen LogP contribution in [0, 0.1) is 0 Å². The Balaban J connectivity index is 0.000000141. The normalized spacial score (nSPS) is 13.1. The van der Waals surface area contributed by atoms with Gasteiger partial charge in [-0.2, -0.15) is 0 Å². The fraction of sp³-hybridized carbons (Fsp3) is 0.0566. The summed E-state index contributed by atoms with van der Waals surface area (Å²) in [6, 6.07) is 140. The quantitative estimate of drug-likeness (QED) is 0.133. The molecule has 19 aromatic carbocycles. The van der Waals surface area contributed by atoms with Gasteiger partial charge in [-0.05, 0) is 251 Å². The minimum absolute atomic E-state index is 0.0752. The number of hydrogen-bond acceptors (Lipinski definition) is 0. The lowest BCUT2D eigenvalue weighted by Crippen LogP contribution is -2.14. The van der Waals surface area contributed by atoms with Gasteiger partial charge in [-0.15, -0.1) is 0 Å². The molecule has 498 valence electrons. The third-order valence-corrected chi connectivity index (χ3v) is 23.5. The van der Waals surface area contributed by atoms with Gasteiger partial charge in [0, 0.05) is 10.8 Å². The topological polar surface area (TPSA) is 0 Å². The Bertz CT molecular complexity index is 6790. The summed E-state index contributed by atoms with van der Waals surface area (Å²) >= 11 is 0. The van der Waals surface area contributed by atoms with Crippen molar-refractivity contribution in [3.63, 3.8) is 0 Å². The molecule has 0 spiro atoms. The molecule has 0 atom stereocenters. The van der Waals surface area contributed by atoms with Crippen LogP contribution in [0.2, 0.25) is 0 Å². The second-order valence-electron chi connectivity index (χ2n) is 30.1. The Labute approximate surface area is 619 Å². The van der Waals surface area contributed by atoms with Crippen molar-refractivity contribution in [2.75, 3.05) is 0 Å². The molecule has 0 N–H and O–H groups in total. The first-order chi connectivity index (χ1) is 52.1. The van der Waals surface area contributed by atoms with Gasteiger partial charge in [0.15, 0.2) is 0 Å². The summed E-state index contributed by atoms with van der Waals surface area (Å²) < 4.78 is 0. The van der Waals surface area contributed by atoms with E-state index < -0.39 is 0 Å².